The molecule has 0 aliphatic heterocycles. The van der Waals surface area contributed by atoms with E-state index in [1.165, 1.54) is 18.2 Å². The number of rotatable bonds is 7. The molecule has 35 heavy (non-hydrogen) atoms. The summed E-state index contributed by atoms with van der Waals surface area (Å²) in [5.41, 5.74) is 1.73. The van der Waals surface area contributed by atoms with Gasteiger partial charge in [0.25, 0.3) is 0 Å². The van der Waals surface area contributed by atoms with Gasteiger partial charge in [0.15, 0.2) is 9.84 Å². The van der Waals surface area contributed by atoms with E-state index in [9.17, 15) is 23.1 Å². The van der Waals surface area contributed by atoms with E-state index in [2.05, 4.69) is 5.32 Å². The molecule has 1 fully saturated rings. The number of phenolic OH excluding ortho intramolecular Hbond substituents is 1. The second-order valence-electron chi connectivity index (χ2n) is 9.36. The quantitative estimate of drug-likeness (QED) is 0.401. The number of anilines is 1. The molecule has 1 aliphatic carbocycles. The van der Waals surface area contributed by atoms with Crippen LogP contribution in [-0.4, -0.2) is 37.3 Å². The molecule has 0 spiro atoms. The lowest BCUT2D eigenvalue weighted by molar-refractivity contribution is -0.155. The number of phenols is 1. The van der Waals surface area contributed by atoms with Gasteiger partial charge >= 0.3 is 11.9 Å². The summed E-state index contributed by atoms with van der Waals surface area (Å²) in [5.74, 6) is -1.28. The van der Waals surface area contributed by atoms with Crippen molar-refractivity contribution >= 4 is 27.4 Å². The van der Waals surface area contributed by atoms with Crippen molar-refractivity contribution < 1.29 is 32.6 Å². The molecule has 8 nitrogen and oxygen atoms in total. The van der Waals surface area contributed by atoms with Gasteiger partial charge in [-0.2, -0.15) is 0 Å². The molecule has 190 valence electrons. The first-order valence-corrected chi connectivity index (χ1v) is 13.5. The van der Waals surface area contributed by atoms with Crippen molar-refractivity contribution in [3.8, 4) is 17.2 Å². The summed E-state index contributed by atoms with van der Waals surface area (Å²) in [5, 5.41) is 12.8. The first-order valence-electron chi connectivity index (χ1n) is 11.8. The maximum absolute atomic E-state index is 13.0. The number of sulfone groups is 1. The van der Waals surface area contributed by atoms with Crippen molar-refractivity contribution in [3.63, 3.8) is 0 Å². The van der Waals surface area contributed by atoms with Gasteiger partial charge in [-0.05, 0) is 81.8 Å². The Kier molecular flexibility index (Phi) is 8.43. The largest absolute Gasteiger partial charge is 0.507 e. The third kappa shape index (κ3) is 6.97. The van der Waals surface area contributed by atoms with Crippen LogP contribution in [0.5, 0.6) is 17.2 Å². The molecular weight excluding hydrogens is 470 g/mol. The van der Waals surface area contributed by atoms with Gasteiger partial charge in [0, 0.05) is 11.8 Å². The summed E-state index contributed by atoms with van der Waals surface area (Å²) in [7, 11) is -3.68. The lowest BCUT2D eigenvalue weighted by Crippen LogP contribution is -2.27. The van der Waals surface area contributed by atoms with Crippen molar-refractivity contribution in [2.45, 2.75) is 70.8 Å². The molecule has 2 aromatic carbocycles. The standard InChI is InChI=1S/C26H33NO7S/c1-16(2)33-26(30)25(29)27-20-12-17(3)24(18(4)13-20)34-21-10-11-22(28)23(14-21)35(31,32)15-19-8-6-5-7-9-19/h10-14,16,19,28H,5-9,15H2,1-4H3,(H,27,29). The minimum atomic E-state index is -3.68. The van der Waals surface area contributed by atoms with E-state index in [-0.39, 0.29) is 28.1 Å². The highest BCUT2D eigenvalue weighted by Gasteiger charge is 2.26. The molecule has 0 unspecified atom stereocenters. The van der Waals surface area contributed by atoms with Crippen molar-refractivity contribution in [2.75, 3.05) is 11.1 Å². The third-order valence-corrected chi connectivity index (χ3v) is 7.82. The Balaban J connectivity index is 1.79. The Hall–Kier alpha value is -3.07. The molecule has 1 aliphatic rings. The topological polar surface area (TPSA) is 119 Å². The van der Waals surface area contributed by atoms with Crippen LogP contribution >= 0.6 is 0 Å². The van der Waals surface area contributed by atoms with Crippen molar-refractivity contribution in [2.24, 2.45) is 5.92 Å². The Labute approximate surface area is 206 Å². The summed E-state index contributed by atoms with van der Waals surface area (Å²) in [4.78, 5) is 23.7. The summed E-state index contributed by atoms with van der Waals surface area (Å²) >= 11 is 0. The van der Waals surface area contributed by atoms with Crippen LogP contribution in [0.4, 0.5) is 5.69 Å². The highest BCUT2D eigenvalue weighted by molar-refractivity contribution is 7.91. The van der Waals surface area contributed by atoms with Crippen molar-refractivity contribution in [1.29, 1.82) is 0 Å². The molecular formula is C26H33NO7S. The lowest BCUT2D eigenvalue weighted by atomic mass is 9.91. The Morgan fingerprint density at radius 1 is 1.06 bits per heavy atom. The average molecular weight is 504 g/mol. The SMILES string of the molecule is Cc1cc(NC(=O)C(=O)OC(C)C)cc(C)c1Oc1ccc(O)c(S(=O)(=O)CC2CCCCC2)c1. The van der Waals surface area contributed by atoms with Gasteiger partial charge in [-0.1, -0.05) is 19.3 Å². The number of esters is 1. The summed E-state index contributed by atoms with van der Waals surface area (Å²) < 4.78 is 37.0. The van der Waals surface area contributed by atoms with Crippen molar-refractivity contribution in [3.05, 3.63) is 41.5 Å². The number of carbonyl (C=O) groups is 2. The zero-order valence-corrected chi connectivity index (χ0v) is 21.4. The van der Waals surface area contributed by atoms with E-state index in [0.717, 1.165) is 32.1 Å². The van der Waals surface area contributed by atoms with E-state index in [1.54, 1.807) is 39.8 Å². The van der Waals surface area contributed by atoms with Crippen molar-refractivity contribution in [1.82, 2.24) is 0 Å². The molecule has 0 aromatic heterocycles. The number of nitrogens with one attached hydrogen (secondary N) is 1. The second kappa shape index (κ2) is 11.1. The fraction of sp³-hybridized carbons (Fsp3) is 0.462. The molecule has 1 saturated carbocycles. The fourth-order valence-corrected chi connectivity index (χ4v) is 6.13. The predicted molar refractivity (Wildman–Crippen MR) is 133 cm³/mol. The molecule has 2 N–H and O–H groups in total. The summed E-state index contributed by atoms with van der Waals surface area (Å²) in [6.07, 6.45) is 4.55. The second-order valence-corrected chi connectivity index (χ2v) is 11.4. The minimum Gasteiger partial charge on any atom is -0.507 e. The molecule has 2 aromatic rings. The van der Waals surface area contributed by atoms with Gasteiger partial charge in [-0.3, -0.25) is 4.79 Å². The Bertz CT molecular complexity index is 1180. The normalized spacial score (nSPS) is 14.5. The van der Waals surface area contributed by atoms with E-state index in [0.29, 0.717) is 22.6 Å². The van der Waals surface area contributed by atoms with Gasteiger partial charge in [0.1, 0.15) is 22.1 Å². The average Bonchev–Trinajstić information content (AvgIpc) is 2.77. The third-order valence-electron chi connectivity index (χ3n) is 5.91. The van der Waals surface area contributed by atoms with Crippen LogP contribution in [0.15, 0.2) is 35.2 Å². The zero-order valence-electron chi connectivity index (χ0n) is 20.6. The van der Waals surface area contributed by atoms with Gasteiger partial charge in [-0.15, -0.1) is 0 Å². The highest BCUT2D eigenvalue weighted by Crippen LogP contribution is 2.36. The van der Waals surface area contributed by atoms with Gasteiger partial charge in [0.05, 0.1) is 11.9 Å². The number of carbonyl (C=O) groups excluding carboxylic acids is 2. The van der Waals surface area contributed by atoms with Crippen LogP contribution in [0.25, 0.3) is 0 Å². The van der Waals surface area contributed by atoms with Gasteiger partial charge in [-0.25, -0.2) is 13.2 Å². The predicted octanol–water partition coefficient (Wildman–Crippen LogP) is 5.05. The Morgan fingerprint density at radius 2 is 1.69 bits per heavy atom. The van der Waals surface area contributed by atoms with Crippen LogP contribution in [0, 0.1) is 19.8 Å². The molecule has 9 heteroatoms. The van der Waals surface area contributed by atoms with E-state index < -0.39 is 27.8 Å². The van der Waals surface area contributed by atoms with E-state index in [1.807, 2.05) is 0 Å². The maximum Gasteiger partial charge on any atom is 0.397 e. The van der Waals surface area contributed by atoms with Crippen LogP contribution in [-0.2, 0) is 24.2 Å². The van der Waals surface area contributed by atoms with Crippen LogP contribution < -0.4 is 10.1 Å². The maximum atomic E-state index is 13.0. The fourth-order valence-electron chi connectivity index (χ4n) is 4.31. The minimum absolute atomic E-state index is 0.00963. The molecule has 0 saturated heterocycles. The molecule has 3 rings (SSSR count). The molecule has 0 atom stereocenters. The number of amides is 1. The highest BCUT2D eigenvalue weighted by atomic mass is 32.2. The summed E-state index contributed by atoms with van der Waals surface area (Å²) in [6.45, 7) is 6.85. The molecule has 0 bridgehead atoms. The Morgan fingerprint density at radius 3 is 2.29 bits per heavy atom. The smallest absolute Gasteiger partial charge is 0.397 e. The number of aromatic hydroxyl groups is 1. The molecule has 0 heterocycles. The van der Waals surface area contributed by atoms with Gasteiger partial charge in [0.2, 0.25) is 0 Å². The lowest BCUT2D eigenvalue weighted by Gasteiger charge is -2.21. The van der Waals surface area contributed by atoms with Crippen LogP contribution in [0.2, 0.25) is 0 Å². The molecule has 0 radical (unpaired) electrons. The van der Waals surface area contributed by atoms with Gasteiger partial charge < -0.3 is 19.9 Å². The monoisotopic (exact) mass is 503 g/mol. The number of aryl methyl sites for hydroxylation is 2. The number of ether oxygens (including phenoxy) is 2. The first-order chi connectivity index (χ1) is 16.5. The number of benzene rings is 2. The zero-order chi connectivity index (χ0) is 25.8. The first kappa shape index (κ1) is 26.5. The van der Waals surface area contributed by atoms with Crippen LogP contribution in [0.1, 0.15) is 57.1 Å². The number of hydrogen-bond donors (Lipinski definition) is 2. The molecule has 1 amide bonds. The van der Waals surface area contributed by atoms with E-state index >= 15 is 0 Å². The van der Waals surface area contributed by atoms with E-state index in [4.69, 9.17) is 9.47 Å². The number of hydrogen-bond acceptors (Lipinski definition) is 7. The van der Waals surface area contributed by atoms with Crippen LogP contribution in [0.3, 0.4) is 0 Å². The summed E-state index contributed by atoms with van der Waals surface area (Å²) in [6, 6.07) is 7.46.